The predicted molar refractivity (Wildman–Crippen MR) is 61.3 cm³/mol. The molecule has 1 aliphatic heterocycles. The Morgan fingerprint density at radius 1 is 1.27 bits per heavy atom. The summed E-state index contributed by atoms with van der Waals surface area (Å²) in [7, 11) is 0. The van der Waals surface area contributed by atoms with Crippen molar-refractivity contribution in [2.45, 2.75) is 51.5 Å². The average molecular weight is 206 g/mol. The molecule has 1 saturated carbocycles. The van der Waals surface area contributed by atoms with Crippen molar-refractivity contribution in [1.82, 2.24) is 4.90 Å². The number of likely N-dealkylation sites (tertiary alicyclic amines) is 1. The van der Waals surface area contributed by atoms with Gasteiger partial charge in [0.05, 0.1) is 6.07 Å². The highest BCUT2D eigenvalue weighted by molar-refractivity contribution is 5.14. The second-order valence-electron chi connectivity index (χ2n) is 5.51. The van der Waals surface area contributed by atoms with E-state index in [-0.39, 0.29) is 5.54 Å². The van der Waals surface area contributed by atoms with E-state index >= 15 is 0 Å². The summed E-state index contributed by atoms with van der Waals surface area (Å²) in [6.45, 7) is 6.89. The molecule has 0 aromatic carbocycles. The highest BCUT2D eigenvalue weighted by Crippen LogP contribution is 2.41. The quantitative estimate of drug-likeness (QED) is 0.659. The SMILES string of the molecule is CC1CCC(C#N)(N2CCCC2)C(C)C1. The Morgan fingerprint density at radius 2 is 1.93 bits per heavy atom. The van der Waals surface area contributed by atoms with Crippen LogP contribution in [0.15, 0.2) is 0 Å². The summed E-state index contributed by atoms with van der Waals surface area (Å²) in [5, 5.41) is 9.57. The molecular weight excluding hydrogens is 184 g/mol. The minimum Gasteiger partial charge on any atom is -0.285 e. The largest absolute Gasteiger partial charge is 0.285 e. The normalized spacial score (nSPS) is 42.7. The van der Waals surface area contributed by atoms with E-state index in [1.807, 2.05) is 0 Å². The summed E-state index contributed by atoms with van der Waals surface area (Å²) in [5.41, 5.74) is -0.122. The molecule has 2 nitrogen and oxygen atoms in total. The van der Waals surface area contributed by atoms with Crippen LogP contribution in [0.4, 0.5) is 0 Å². The molecule has 3 unspecified atom stereocenters. The number of nitriles is 1. The first-order chi connectivity index (χ1) is 7.19. The van der Waals surface area contributed by atoms with E-state index < -0.39 is 0 Å². The molecule has 0 aromatic rings. The number of hydrogen-bond donors (Lipinski definition) is 0. The highest BCUT2D eigenvalue weighted by atomic mass is 15.2. The second-order valence-corrected chi connectivity index (χ2v) is 5.51. The molecule has 3 atom stereocenters. The molecule has 0 radical (unpaired) electrons. The fourth-order valence-corrected chi connectivity index (χ4v) is 3.45. The van der Waals surface area contributed by atoms with Gasteiger partial charge in [-0.15, -0.1) is 0 Å². The monoisotopic (exact) mass is 206 g/mol. The molecule has 0 aromatic heterocycles. The van der Waals surface area contributed by atoms with Crippen molar-refractivity contribution in [3.63, 3.8) is 0 Å². The fourth-order valence-electron chi connectivity index (χ4n) is 3.45. The van der Waals surface area contributed by atoms with Crippen LogP contribution in [-0.2, 0) is 0 Å². The summed E-state index contributed by atoms with van der Waals surface area (Å²) >= 11 is 0. The third-order valence-electron chi connectivity index (χ3n) is 4.45. The molecule has 84 valence electrons. The van der Waals surface area contributed by atoms with Crippen LogP contribution in [0.3, 0.4) is 0 Å². The maximum absolute atomic E-state index is 9.57. The topological polar surface area (TPSA) is 27.0 Å². The highest BCUT2D eigenvalue weighted by Gasteiger charge is 2.45. The van der Waals surface area contributed by atoms with E-state index in [0.29, 0.717) is 5.92 Å². The van der Waals surface area contributed by atoms with Crippen molar-refractivity contribution in [1.29, 1.82) is 5.26 Å². The molecule has 2 heteroatoms. The minimum atomic E-state index is -0.122. The van der Waals surface area contributed by atoms with Crippen molar-refractivity contribution >= 4 is 0 Å². The van der Waals surface area contributed by atoms with Crippen molar-refractivity contribution in [2.24, 2.45) is 11.8 Å². The van der Waals surface area contributed by atoms with Crippen molar-refractivity contribution < 1.29 is 0 Å². The van der Waals surface area contributed by atoms with E-state index in [1.165, 1.54) is 25.7 Å². The Kier molecular flexibility index (Phi) is 3.02. The number of nitrogens with zero attached hydrogens (tertiary/aromatic N) is 2. The van der Waals surface area contributed by atoms with Gasteiger partial charge >= 0.3 is 0 Å². The second kappa shape index (κ2) is 4.14. The van der Waals surface area contributed by atoms with Crippen molar-refractivity contribution in [3.05, 3.63) is 0 Å². The van der Waals surface area contributed by atoms with Crippen molar-refractivity contribution in [3.8, 4) is 6.07 Å². The van der Waals surface area contributed by atoms with Crippen LogP contribution in [0.5, 0.6) is 0 Å². The van der Waals surface area contributed by atoms with Crippen LogP contribution in [-0.4, -0.2) is 23.5 Å². The Labute approximate surface area is 93.3 Å². The molecular formula is C13H22N2. The molecule has 0 spiro atoms. The first kappa shape index (κ1) is 11.0. The predicted octanol–water partition coefficient (Wildman–Crippen LogP) is 2.80. The zero-order valence-electron chi connectivity index (χ0n) is 10.00. The van der Waals surface area contributed by atoms with Gasteiger partial charge in [0.25, 0.3) is 0 Å². The molecule has 1 heterocycles. The van der Waals surface area contributed by atoms with Gasteiger partial charge in [-0.2, -0.15) is 5.26 Å². The Hall–Kier alpha value is -0.550. The lowest BCUT2D eigenvalue weighted by molar-refractivity contribution is 0.0563. The third-order valence-corrected chi connectivity index (χ3v) is 4.45. The van der Waals surface area contributed by atoms with Gasteiger partial charge in [0.1, 0.15) is 5.54 Å². The standard InChI is InChI=1S/C13H22N2/c1-11-5-6-13(10-14,12(2)9-11)15-7-3-4-8-15/h11-12H,3-9H2,1-2H3. The van der Waals surface area contributed by atoms with Crippen molar-refractivity contribution in [2.75, 3.05) is 13.1 Å². The number of rotatable bonds is 1. The lowest BCUT2D eigenvalue weighted by Crippen LogP contribution is -2.53. The van der Waals surface area contributed by atoms with E-state index in [1.54, 1.807) is 0 Å². The Bertz CT molecular complexity index is 262. The van der Waals surface area contributed by atoms with Gasteiger partial charge in [-0.1, -0.05) is 13.8 Å². The zero-order chi connectivity index (χ0) is 10.9. The van der Waals surface area contributed by atoms with Gasteiger partial charge in [-0.05, 0) is 57.0 Å². The van der Waals surface area contributed by atoms with E-state index in [9.17, 15) is 5.26 Å². The molecule has 15 heavy (non-hydrogen) atoms. The first-order valence-electron chi connectivity index (χ1n) is 6.35. The van der Waals surface area contributed by atoms with Gasteiger partial charge < -0.3 is 0 Å². The lowest BCUT2D eigenvalue weighted by atomic mass is 9.70. The van der Waals surface area contributed by atoms with Crippen LogP contribution in [0, 0.1) is 23.2 Å². The molecule has 0 N–H and O–H groups in total. The average Bonchev–Trinajstić information content (AvgIpc) is 2.72. The minimum absolute atomic E-state index is 0.122. The van der Waals surface area contributed by atoms with Crippen LogP contribution < -0.4 is 0 Å². The first-order valence-corrected chi connectivity index (χ1v) is 6.35. The molecule has 2 aliphatic rings. The molecule has 0 bridgehead atoms. The Morgan fingerprint density at radius 3 is 2.47 bits per heavy atom. The molecule has 1 saturated heterocycles. The number of hydrogen-bond acceptors (Lipinski definition) is 2. The third kappa shape index (κ3) is 1.78. The van der Waals surface area contributed by atoms with E-state index in [0.717, 1.165) is 25.4 Å². The fraction of sp³-hybridized carbons (Fsp3) is 0.923. The van der Waals surface area contributed by atoms with Gasteiger partial charge in [0.15, 0.2) is 0 Å². The van der Waals surface area contributed by atoms with Gasteiger partial charge in [-0.3, -0.25) is 4.90 Å². The van der Waals surface area contributed by atoms with Crippen LogP contribution >= 0.6 is 0 Å². The molecule has 2 fully saturated rings. The van der Waals surface area contributed by atoms with Gasteiger partial charge in [0, 0.05) is 0 Å². The maximum atomic E-state index is 9.57. The maximum Gasteiger partial charge on any atom is 0.111 e. The molecule has 0 amide bonds. The van der Waals surface area contributed by atoms with Gasteiger partial charge in [0.2, 0.25) is 0 Å². The zero-order valence-corrected chi connectivity index (χ0v) is 10.00. The molecule has 1 aliphatic carbocycles. The van der Waals surface area contributed by atoms with Crippen LogP contribution in [0.25, 0.3) is 0 Å². The summed E-state index contributed by atoms with van der Waals surface area (Å²) in [4.78, 5) is 2.46. The Balaban J connectivity index is 2.17. The van der Waals surface area contributed by atoms with E-state index in [4.69, 9.17) is 0 Å². The van der Waals surface area contributed by atoms with Crippen LogP contribution in [0.1, 0.15) is 46.0 Å². The lowest BCUT2D eigenvalue weighted by Gasteiger charge is -2.45. The summed E-state index contributed by atoms with van der Waals surface area (Å²) < 4.78 is 0. The van der Waals surface area contributed by atoms with E-state index in [2.05, 4.69) is 24.8 Å². The molecule has 2 rings (SSSR count). The smallest absolute Gasteiger partial charge is 0.111 e. The summed E-state index contributed by atoms with van der Waals surface area (Å²) in [6, 6.07) is 2.66. The summed E-state index contributed by atoms with van der Waals surface area (Å²) in [5.74, 6) is 1.36. The van der Waals surface area contributed by atoms with Gasteiger partial charge in [-0.25, -0.2) is 0 Å². The summed E-state index contributed by atoms with van der Waals surface area (Å²) in [6.07, 6.45) is 6.11. The van der Waals surface area contributed by atoms with Crippen LogP contribution in [0.2, 0.25) is 0 Å².